The summed E-state index contributed by atoms with van der Waals surface area (Å²) in [5.74, 6) is 0. The molecule has 1 nitrogen and oxygen atoms in total. The minimum absolute atomic E-state index is 0.237. The van der Waals surface area contributed by atoms with Gasteiger partial charge in [0.2, 0.25) is 0 Å². The van der Waals surface area contributed by atoms with E-state index in [9.17, 15) is 0 Å². The van der Waals surface area contributed by atoms with Crippen molar-refractivity contribution in [3.05, 3.63) is 0 Å². The second-order valence-electron chi connectivity index (χ2n) is 10.4. The van der Waals surface area contributed by atoms with Gasteiger partial charge in [0.15, 0.2) is 0 Å². The molecule has 0 unspecified atom stereocenters. The van der Waals surface area contributed by atoms with Crippen molar-refractivity contribution in [3.63, 3.8) is 0 Å². The number of hydrogen-bond donors (Lipinski definition) is 0. The maximum Gasteiger partial charge on any atom is 0.146 e. The second-order valence-corrected chi connectivity index (χ2v) is 10.8. The van der Waals surface area contributed by atoms with E-state index >= 15 is 0 Å². The molecule has 31 heavy (non-hydrogen) atoms. The molecule has 0 rings (SSSR count). The SMILES string of the molecule is CCCCCCCCCCC(CCCCCCCCC)(CCCCCCCCC)O[SiH3]. The van der Waals surface area contributed by atoms with E-state index in [2.05, 4.69) is 20.8 Å². The Morgan fingerprint density at radius 1 is 0.387 bits per heavy atom. The Labute approximate surface area is 201 Å². The maximum absolute atomic E-state index is 6.43. The lowest BCUT2D eigenvalue weighted by Crippen LogP contribution is -2.32. The molecule has 0 aromatic rings. The van der Waals surface area contributed by atoms with Crippen LogP contribution in [0.2, 0.25) is 0 Å². The minimum Gasteiger partial charge on any atom is -0.422 e. The lowest BCUT2D eigenvalue weighted by molar-refractivity contribution is 0.0423. The molecule has 0 saturated carbocycles. The van der Waals surface area contributed by atoms with E-state index in [1.54, 1.807) is 0 Å². The molecule has 0 N–H and O–H groups in total. The molecule has 0 radical (unpaired) electrons. The van der Waals surface area contributed by atoms with E-state index in [4.69, 9.17) is 4.43 Å². The fraction of sp³-hybridized carbons (Fsp3) is 1.00. The first-order chi connectivity index (χ1) is 15.2. The third-order valence-electron chi connectivity index (χ3n) is 7.39. The van der Waals surface area contributed by atoms with Crippen molar-refractivity contribution in [1.29, 1.82) is 0 Å². The van der Waals surface area contributed by atoms with Gasteiger partial charge in [0.1, 0.15) is 10.5 Å². The van der Waals surface area contributed by atoms with Crippen LogP contribution in [0.4, 0.5) is 0 Å². The maximum atomic E-state index is 6.43. The highest BCUT2D eigenvalue weighted by atomic mass is 28.2. The van der Waals surface area contributed by atoms with E-state index < -0.39 is 0 Å². The Balaban J connectivity index is 4.22. The standard InChI is InChI=1S/C29H62OSi/c1-4-7-10-13-16-19-22-25-28-29(30-31,26-23-20-17-14-11-8-5-2)27-24-21-18-15-12-9-6-3/h4-28H2,1-3,31H3. The van der Waals surface area contributed by atoms with Gasteiger partial charge in [0, 0.05) is 0 Å². The van der Waals surface area contributed by atoms with Gasteiger partial charge in [0.05, 0.1) is 5.60 Å². The molecule has 0 aromatic heterocycles. The van der Waals surface area contributed by atoms with E-state index in [1.165, 1.54) is 161 Å². The van der Waals surface area contributed by atoms with Crippen LogP contribution < -0.4 is 0 Å². The van der Waals surface area contributed by atoms with Crippen LogP contribution in [0, 0.1) is 0 Å². The van der Waals surface area contributed by atoms with Crippen molar-refractivity contribution < 1.29 is 4.43 Å². The molecule has 0 bridgehead atoms. The lowest BCUT2D eigenvalue weighted by atomic mass is 9.85. The van der Waals surface area contributed by atoms with Gasteiger partial charge in [-0.2, -0.15) is 0 Å². The zero-order valence-corrected chi connectivity index (χ0v) is 24.6. The minimum atomic E-state index is 0.237. The highest BCUT2D eigenvalue weighted by molar-refractivity contribution is 5.98. The van der Waals surface area contributed by atoms with Gasteiger partial charge < -0.3 is 4.43 Å². The molecule has 0 spiro atoms. The predicted octanol–water partition coefficient (Wildman–Crippen LogP) is 9.83. The highest BCUT2D eigenvalue weighted by Crippen LogP contribution is 2.32. The summed E-state index contributed by atoms with van der Waals surface area (Å²) in [6.07, 6.45) is 35.2. The Bertz CT molecular complexity index is 313. The van der Waals surface area contributed by atoms with Crippen LogP contribution in [0.25, 0.3) is 0 Å². The summed E-state index contributed by atoms with van der Waals surface area (Å²) in [7, 11) is 0.908. The Kier molecular flexibility index (Phi) is 25.0. The predicted molar refractivity (Wildman–Crippen MR) is 146 cm³/mol. The van der Waals surface area contributed by atoms with Crippen molar-refractivity contribution in [2.24, 2.45) is 0 Å². The summed E-state index contributed by atoms with van der Waals surface area (Å²) >= 11 is 0. The zero-order chi connectivity index (χ0) is 22.9. The van der Waals surface area contributed by atoms with E-state index in [0.717, 1.165) is 10.5 Å². The molecule has 0 aliphatic carbocycles. The average molecular weight is 455 g/mol. The highest BCUT2D eigenvalue weighted by Gasteiger charge is 2.27. The van der Waals surface area contributed by atoms with Crippen LogP contribution in [-0.4, -0.2) is 16.1 Å². The van der Waals surface area contributed by atoms with Crippen LogP contribution in [0.15, 0.2) is 0 Å². The van der Waals surface area contributed by atoms with Crippen molar-refractivity contribution in [3.8, 4) is 0 Å². The van der Waals surface area contributed by atoms with Crippen LogP contribution in [-0.2, 0) is 4.43 Å². The van der Waals surface area contributed by atoms with Crippen LogP contribution >= 0.6 is 0 Å². The first-order valence-corrected chi connectivity index (χ1v) is 15.6. The largest absolute Gasteiger partial charge is 0.422 e. The summed E-state index contributed by atoms with van der Waals surface area (Å²) < 4.78 is 6.43. The zero-order valence-electron chi connectivity index (χ0n) is 22.6. The summed E-state index contributed by atoms with van der Waals surface area (Å²) in [5, 5.41) is 0. The fourth-order valence-electron chi connectivity index (χ4n) is 5.07. The van der Waals surface area contributed by atoms with Crippen molar-refractivity contribution >= 4 is 10.5 Å². The second kappa shape index (κ2) is 24.8. The number of unbranched alkanes of at least 4 members (excludes halogenated alkanes) is 19. The monoisotopic (exact) mass is 454 g/mol. The molecular weight excluding hydrogens is 392 g/mol. The summed E-state index contributed by atoms with van der Waals surface area (Å²) in [6.45, 7) is 6.93. The van der Waals surface area contributed by atoms with Crippen LogP contribution in [0.5, 0.6) is 0 Å². The van der Waals surface area contributed by atoms with Gasteiger partial charge in [-0.3, -0.25) is 0 Å². The van der Waals surface area contributed by atoms with Gasteiger partial charge in [-0.05, 0) is 19.3 Å². The van der Waals surface area contributed by atoms with Crippen LogP contribution in [0.1, 0.15) is 181 Å². The lowest BCUT2D eigenvalue weighted by Gasteiger charge is -2.34. The molecule has 188 valence electrons. The van der Waals surface area contributed by atoms with Gasteiger partial charge in [-0.15, -0.1) is 0 Å². The first kappa shape index (κ1) is 31.2. The average Bonchev–Trinajstić information content (AvgIpc) is 2.79. The normalized spacial score (nSPS) is 12.1. The molecule has 0 fully saturated rings. The van der Waals surface area contributed by atoms with E-state index in [0.29, 0.717) is 0 Å². The molecule has 0 aliphatic rings. The van der Waals surface area contributed by atoms with Gasteiger partial charge in [-0.1, -0.05) is 162 Å². The molecule has 2 heteroatoms. The third-order valence-corrected chi connectivity index (χ3v) is 8.26. The summed E-state index contributed by atoms with van der Waals surface area (Å²) in [5.41, 5.74) is 0.237. The van der Waals surface area contributed by atoms with Gasteiger partial charge in [0.25, 0.3) is 0 Å². The molecule has 0 amide bonds. The Hall–Kier alpha value is 0.177. The fourth-order valence-corrected chi connectivity index (χ4v) is 5.68. The van der Waals surface area contributed by atoms with E-state index in [-0.39, 0.29) is 5.60 Å². The molecule has 0 aliphatic heterocycles. The van der Waals surface area contributed by atoms with Gasteiger partial charge in [-0.25, -0.2) is 0 Å². The van der Waals surface area contributed by atoms with Crippen LogP contribution in [0.3, 0.4) is 0 Å². The molecule has 0 atom stereocenters. The molecular formula is C29H62OSi. The van der Waals surface area contributed by atoms with Crippen molar-refractivity contribution in [1.82, 2.24) is 0 Å². The molecule has 0 aromatic carbocycles. The van der Waals surface area contributed by atoms with Crippen molar-refractivity contribution in [2.45, 2.75) is 187 Å². The van der Waals surface area contributed by atoms with Crippen molar-refractivity contribution in [2.75, 3.05) is 0 Å². The molecule has 0 saturated heterocycles. The third kappa shape index (κ3) is 20.5. The number of rotatable bonds is 26. The van der Waals surface area contributed by atoms with E-state index in [1.807, 2.05) is 0 Å². The molecule has 0 heterocycles. The topological polar surface area (TPSA) is 9.23 Å². The first-order valence-electron chi connectivity index (χ1n) is 14.8. The summed E-state index contributed by atoms with van der Waals surface area (Å²) in [4.78, 5) is 0. The Morgan fingerprint density at radius 3 is 0.839 bits per heavy atom. The number of hydrogen-bond acceptors (Lipinski definition) is 1. The Morgan fingerprint density at radius 2 is 0.613 bits per heavy atom. The smallest absolute Gasteiger partial charge is 0.146 e. The quantitative estimate of drug-likeness (QED) is 0.0933. The summed E-state index contributed by atoms with van der Waals surface area (Å²) in [6, 6.07) is 0. The van der Waals surface area contributed by atoms with Gasteiger partial charge >= 0.3 is 0 Å².